The molecule has 1 heterocycles. The lowest BCUT2D eigenvalue weighted by Crippen LogP contribution is -2.18. The van der Waals surface area contributed by atoms with Crippen LogP contribution in [0.1, 0.15) is 35.1 Å². The molecule has 1 aliphatic heterocycles. The molecule has 6 heteroatoms. The van der Waals surface area contributed by atoms with Crippen molar-refractivity contribution in [1.29, 1.82) is 0 Å². The molecule has 1 aromatic rings. The average Bonchev–Trinajstić information content (AvgIpc) is 3.07. The Morgan fingerprint density at radius 2 is 1.71 bits per heavy atom. The maximum absolute atomic E-state index is 12.2. The topological polar surface area (TPSA) is 52.6 Å². The van der Waals surface area contributed by atoms with Crippen LogP contribution in [-0.4, -0.2) is 36.7 Å². The molecule has 4 nitrogen and oxygen atoms in total. The van der Waals surface area contributed by atoms with Crippen molar-refractivity contribution >= 4 is 41.5 Å². The lowest BCUT2D eigenvalue weighted by Gasteiger charge is -2.14. The molecule has 0 bridgehead atoms. The van der Waals surface area contributed by atoms with Crippen molar-refractivity contribution in [2.24, 2.45) is 0 Å². The molecule has 1 saturated heterocycles. The van der Waals surface area contributed by atoms with E-state index in [0.717, 1.165) is 28.2 Å². The Balaban J connectivity index is 2.44. The second kappa shape index (κ2) is 9.18. The molecule has 0 amide bonds. The normalized spacial score (nSPS) is 14.3. The fourth-order valence-electron chi connectivity index (χ4n) is 2.35. The second-order valence-corrected chi connectivity index (χ2v) is 7.93. The van der Waals surface area contributed by atoms with E-state index < -0.39 is 11.9 Å². The largest absolute Gasteiger partial charge is 0.462 e. The van der Waals surface area contributed by atoms with Gasteiger partial charge in [0.2, 0.25) is 0 Å². The van der Waals surface area contributed by atoms with Gasteiger partial charge < -0.3 is 9.47 Å². The van der Waals surface area contributed by atoms with Crippen LogP contribution >= 0.6 is 23.5 Å². The SMILES string of the molecule is CCOC(=O)C(=Cc1cc(C)ccc1C1SCCS1)C(=O)OCC. The average molecular weight is 367 g/mol. The van der Waals surface area contributed by atoms with Gasteiger partial charge in [-0.3, -0.25) is 0 Å². The van der Waals surface area contributed by atoms with Gasteiger partial charge in [0.1, 0.15) is 5.57 Å². The minimum atomic E-state index is -0.643. The first-order chi connectivity index (χ1) is 11.6. The van der Waals surface area contributed by atoms with Gasteiger partial charge in [-0.2, -0.15) is 0 Å². The molecule has 2 rings (SSSR count). The van der Waals surface area contributed by atoms with Crippen LogP contribution in [0.3, 0.4) is 0 Å². The summed E-state index contributed by atoms with van der Waals surface area (Å²) in [4.78, 5) is 24.4. The van der Waals surface area contributed by atoms with Gasteiger partial charge in [-0.05, 0) is 38.0 Å². The Hall–Kier alpha value is -1.40. The van der Waals surface area contributed by atoms with E-state index in [-0.39, 0.29) is 18.8 Å². The van der Waals surface area contributed by atoms with Crippen LogP contribution in [0, 0.1) is 6.92 Å². The molecule has 130 valence electrons. The van der Waals surface area contributed by atoms with Crippen LogP contribution in [-0.2, 0) is 19.1 Å². The molecule has 0 radical (unpaired) electrons. The number of thioether (sulfide) groups is 2. The molecule has 0 N–H and O–H groups in total. The third kappa shape index (κ3) is 4.80. The van der Waals surface area contributed by atoms with Crippen LogP contribution in [0.2, 0.25) is 0 Å². The smallest absolute Gasteiger partial charge is 0.345 e. The van der Waals surface area contributed by atoms with E-state index in [1.807, 2.05) is 36.5 Å². The highest BCUT2D eigenvalue weighted by Crippen LogP contribution is 2.46. The molecule has 0 aromatic heterocycles. The molecule has 0 atom stereocenters. The minimum absolute atomic E-state index is 0.0569. The summed E-state index contributed by atoms with van der Waals surface area (Å²) in [5.74, 6) is 0.925. The number of ether oxygens (including phenoxy) is 2. The molecule has 0 aliphatic carbocycles. The molecule has 0 spiro atoms. The fourth-order valence-corrected chi connectivity index (χ4v) is 5.29. The molecule has 1 fully saturated rings. The van der Waals surface area contributed by atoms with Crippen LogP contribution in [0.5, 0.6) is 0 Å². The van der Waals surface area contributed by atoms with Crippen molar-refractivity contribution in [2.75, 3.05) is 24.7 Å². The quantitative estimate of drug-likeness (QED) is 0.328. The molecule has 1 aliphatic rings. The number of carbonyl (C=O) groups excluding carboxylic acids is 2. The zero-order valence-electron chi connectivity index (χ0n) is 14.2. The van der Waals surface area contributed by atoms with Gasteiger partial charge in [0.25, 0.3) is 0 Å². The van der Waals surface area contributed by atoms with E-state index in [1.165, 1.54) is 0 Å². The lowest BCUT2D eigenvalue weighted by molar-refractivity contribution is -0.146. The van der Waals surface area contributed by atoms with Crippen LogP contribution in [0.25, 0.3) is 6.08 Å². The molecule has 1 aromatic carbocycles. The van der Waals surface area contributed by atoms with Crippen LogP contribution in [0.4, 0.5) is 0 Å². The molecule has 0 unspecified atom stereocenters. The number of carbonyl (C=O) groups is 2. The van der Waals surface area contributed by atoms with Crippen molar-refractivity contribution in [3.63, 3.8) is 0 Å². The summed E-state index contributed by atoms with van der Waals surface area (Å²) >= 11 is 3.76. The predicted octanol–water partition coefficient (Wildman–Crippen LogP) is 3.98. The van der Waals surface area contributed by atoms with Crippen molar-refractivity contribution in [2.45, 2.75) is 25.4 Å². The summed E-state index contributed by atoms with van der Waals surface area (Å²) in [7, 11) is 0. The molecule has 0 saturated carbocycles. The maximum atomic E-state index is 12.2. The predicted molar refractivity (Wildman–Crippen MR) is 100 cm³/mol. The van der Waals surface area contributed by atoms with E-state index in [9.17, 15) is 9.59 Å². The van der Waals surface area contributed by atoms with E-state index in [2.05, 4.69) is 12.1 Å². The van der Waals surface area contributed by atoms with Crippen LogP contribution < -0.4 is 0 Å². The van der Waals surface area contributed by atoms with Gasteiger partial charge in [-0.15, -0.1) is 23.5 Å². The number of hydrogen-bond donors (Lipinski definition) is 0. The lowest BCUT2D eigenvalue weighted by atomic mass is 10.0. The zero-order valence-corrected chi connectivity index (χ0v) is 15.8. The van der Waals surface area contributed by atoms with Crippen molar-refractivity contribution in [3.8, 4) is 0 Å². The maximum Gasteiger partial charge on any atom is 0.345 e. The number of benzene rings is 1. The standard InChI is InChI=1S/C18H22O4S2/c1-4-21-16(19)15(17(20)22-5-2)11-13-10-12(3)6-7-14(13)18-23-8-9-24-18/h6-7,10-11,18H,4-5,8-9H2,1-3H3. The third-order valence-corrected chi connectivity index (χ3v) is 6.48. The van der Waals surface area contributed by atoms with Gasteiger partial charge in [-0.1, -0.05) is 23.8 Å². The van der Waals surface area contributed by atoms with Gasteiger partial charge in [-0.25, -0.2) is 9.59 Å². The zero-order chi connectivity index (χ0) is 17.5. The summed E-state index contributed by atoms with van der Waals surface area (Å²) in [5.41, 5.74) is 3.01. The highest BCUT2D eigenvalue weighted by atomic mass is 32.2. The van der Waals surface area contributed by atoms with E-state index in [4.69, 9.17) is 9.47 Å². The second-order valence-electron chi connectivity index (χ2n) is 5.20. The van der Waals surface area contributed by atoms with E-state index in [0.29, 0.717) is 4.58 Å². The van der Waals surface area contributed by atoms with E-state index >= 15 is 0 Å². The van der Waals surface area contributed by atoms with Gasteiger partial charge in [0, 0.05) is 11.5 Å². The minimum Gasteiger partial charge on any atom is -0.462 e. The Kier molecular flexibility index (Phi) is 7.24. The number of rotatable bonds is 6. The Labute approximate surface area is 151 Å². The van der Waals surface area contributed by atoms with Gasteiger partial charge in [0.15, 0.2) is 0 Å². The third-order valence-electron chi connectivity index (χ3n) is 3.41. The number of esters is 2. The summed E-state index contributed by atoms with van der Waals surface area (Å²) in [6.45, 7) is 5.84. The Bertz CT molecular complexity index is 614. The van der Waals surface area contributed by atoms with Gasteiger partial charge in [0.05, 0.1) is 17.8 Å². The summed E-state index contributed by atoms with van der Waals surface area (Å²) in [5, 5.41) is 0. The highest BCUT2D eigenvalue weighted by Gasteiger charge is 2.24. The van der Waals surface area contributed by atoms with Crippen LogP contribution in [0.15, 0.2) is 23.8 Å². The van der Waals surface area contributed by atoms with Crippen molar-refractivity contribution < 1.29 is 19.1 Å². The number of hydrogen-bond acceptors (Lipinski definition) is 6. The Morgan fingerprint density at radius 1 is 1.12 bits per heavy atom. The Morgan fingerprint density at radius 3 is 2.25 bits per heavy atom. The first kappa shape index (κ1) is 18.9. The number of aryl methyl sites for hydroxylation is 1. The summed E-state index contributed by atoms with van der Waals surface area (Å²) in [6.07, 6.45) is 1.61. The molecular weight excluding hydrogens is 344 g/mol. The first-order valence-electron chi connectivity index (χ1n) is 7.96. The molecule has 24 heavy (non-hydrogen) atoms. The van der Waals surface area contributed by atoms with Crippen molar-refractivity contribution in [3.05, 3.63) is 40.5 Å². The summed E-state index contributed by atoms with van der Waals surface area (Å²) < 4.78 is 10.4. The first-order valence-corrected chi connectivity index (χ1v) is 10.1. The van der Waals surface area contributed by atoms with Crippen molar-refractivity contribution in [1.82, 2.24) is 0 Å². The summed E-state index contributed by atoms with van der Waals surface area (Å²) in [6, 6.07) is 6.12. The highest BCUT2D eigenvalue weighted by molar-refractivity contribution is 8.19. The monoisotopic (exact) mass is 366 g/mol. The fraction of sp³-hybridized carbons (Fsp3) is 0.444. The van der Waals surface area contributed by atoms with Gasteiger partial charge >= 0.3 is 11.9 Å². The molecular formula is C18H22O4S2. The van der Waals surface area contributed by atoms with E-state index in [1.54, 1.807) is 19.9 Å².